The number of rotatable bonds is 4. The molecular formula is C15H14LiNO3S2. The molecule has 1 heterocycles. The minimum absolute atomic E-state index is 0. The predicted octanol–water partition coefficient (Wildman–Crippen LogP) is 2.27. The van der Waals surface area contributed by atoms with Gasteiger partial charge in [-0.2, -0.15) is 0 Å². The molecule has 1 fully saturated rings. The van der Waals surface area contributed by atoms with Crippen molar-refractivity contribution < 1.29 is 14.7 Å². The Labute approximate surface area is 150 Å². The number of allylic oxidation sites excluding steroid dienone is 2. The van der Waals surface area contributed by atoms with E-state index < -0.39 is 12.5 Å². The van der Waals surface area contributed by atoms with Gasteiger partial charge in [0.25, 0.3) is 5.91 Å². The number of benzene rings is 1. The summed E-state index contributed by atoms with van der Waals surface area (Å²) in [6.07, 6.45) is 3.68. The number of hydrogen-bond donors (Lipinski definition) is 1. The molecule has 1 aromatic rings. The van der Waals surface area contributed by atoms with Gasteiger partial charge in [0.15, 0.2) is 0 Å². The zero-order valence-electron chi connectivity index (χ0n) is 11.3. The molecule has 1 aromatic carbocycles. The molecule has 0 spiro atoms. The van der Waals surface area contributed by atoms with Gasteiger partial charge in [-0.25, -0.2) is 0 Å². The molecule has 0 unspecified atom stereocenters. The van der Waals surface area contributed by atoms with Gasteiger partial charge in [-0.05, 0) is 24.1 Å². The summed E-state index contributed by atoms with van der Waals surface area (Å²) in [5, 5.41) is 8.78. The number of carboxylic acid groups (broad SMARTS) is 1. The summed E-state index contributed by atoms with van der Waals surface area (Å²) >= 11 is 6.17. The van der Waals surface area contributed by atoms with Crippen LogP contribution in [-0.4, -0.2) is 51.6 Å². The van der Waals surface area contributed by atoms with Crippen LogP contribution in [0.1, 0.15) is 12.5 Å². The molecule has 1 amide bonds. The van der Waals surface area contributed by atoms with Crippen LogP contribution in [0.2, 0.25) is 0 Å². The van der Waals surface area contributed by atoms with Gasteiger partial charge in [0.2, 0.25) is 0 Å². The Bertz CT molecular complexity index is 656. The van der Waals surface area contributed by atoms with Crippen LogP contribution >= 0.6 is 24.0 Å². The Morgan fingerprint density at radius 2 is 2.00 bits per heavy atom. The van der Waals surface area contributed by atoms with E-state index in [-0.39, 0.29) is 29.1 Å². The van der Waals surface area contributed by atoms with Crippen molar-refractivity contribution in [1.29, 1.82) is 0 Å². The van der Waals surface area contributed by atoms with Crippen molar-refractivity contribution in [2.45, 2.75) is 6.92 Å². The second-order valence-electron chi connectivity index (χ2n) is 4.46. The van der Waals surface area contributed by atoms with E-state index in [0.717, 1.165) is 27.8 Å². The number of carbonyl (C=O) groups excluding carboxylic acids is 1. The first kappa shape index (κ1) is 18.7. The Morgan fingerprint density at radius 3 is 2.59 bits per heavy atom. The molecule has 0 radical (unpaired) electrons. The molecule has 110 valence electrons. The van der Waals surface area contributed by atoms with Crippen molar-refractivity contribution in [2.75, 3.05) is 6.54 Å². The molecular weight excluding hydrogens is 313 g/mol. The molecule has 2 rings (SSSR count). The van der Waals surface area contributed by atoms with E-state index in [0.29, 0.717) is 4.91 Å². The summed E-state index contributed by atoms with van der Waals surface area (Å²) in [6.45, 7) is 1.49. The molecule has 4 nitrogen and oxygen atoms in total. The molecule has 0 bridgehead atoms. The number of aliphatic carboxylic acids is 1. The van der Waals surface area contributed by atoms with Crippen LogP contribution in [0.3, 0.4) is 0 Å². The van der Waals surface area contributed by atoms with Crippen molar-refractivity contribution >= 4 is 65.1 Å². The van der Waals surface area contributed by atoms with E-state index in [1.54, 1.807) is 6.08 Å². The van der Waals surface area contributed by atoms with Gasteiger partial charge in [-0.3, -0.25) is 14.5 Å². The molecule has 7 heteroatoms. The molecule has 0 aliphatic carbocycles. The molecule has 1 aliphatic rings. The van der Waals surface area contributed by atoms with Crippen LogP contribution in [0.5, 0.6) is 0 Å². The van der Waals surface area contributed by atoms with Crippen molar-refractivity contribution in [1.82, 2.24) is 4.90 Å². The molecule has 1 saturated heterocycles. The fraction of sp³-hybridized carbons (Fsp3) is 0.133. The Hall–Kier alpha value is -1.32. The number of carboxylic acids is 1. The Morgan fingerprint density at radius 1 is 1.36 bits per heavy atom. The fourth-order valence-corrected chi connectivity index (χ4v) is 3.14. The van der Waals surface area contributed by atoms with E-state index in [4.69, 9.17) is 17.3 Å². The SMILES string of the molecule is CC(=C\c1ccccc1)/C=C1/SC(=S)N(CC(=O)O)C1=O.[LiH]. The van der Waals surface area contributed by atoms with Gasteiger partial charge in [0.05, 0.1) is 4.91 Å². The zero-order valence-corrected chi connectivity index (χ0v) is 12.9. The number of amides is 1. The number of hydrogen-bond acceptors (Lipinski definition) is 4. The topological polar surface area (TPSA) is 57.6 Å². The second-order valence-corrected chi connectivity index (χ2v) is 6.14. The Balaban J connectivity index is 0.00000242. The van der Waals surface area contributed by atoms with Gasteiger partial charge < -0.3 is 5.11 Å². The second kappa shape index (κ2) is 8.35. The van der Waals surface area contributed by atoms with E-state index in [9.17, 15) is 9.59 Å². The third-order valence-electron chi connectivity index (χ3n) is 2.72. The normalized spacial score (nSPS) is 16.9. The first-order valence-electron chi connectivity index (χ1n) is 6.18. The van der Waals surface area contributed by atoms with E-state index in [1.165, 1.54) is 0 Å². The summed E-state index contributed by atoms with van der Waals surface area (Å²) in [5.41, 5.74) is 1.93. The quantitative estimate of drug-likeness (QED) is 0.522. The zero-order chi connectivity index (χ0) is 15.4. The fourth-order valence-electron chi connectivity index (χ4n) is 1.83. The summed E-state index contributed by atoms with van der Waals surface area (Å²) < 4.78 is 0.279. The molecule has 1 aliphatic heterocycles. The molecule has 0 atom stereocenters. The van der Waals surface area contributed by atoms with Crippen molar-refractivity contribution in [3.05, 3.63) is 52.4 Å². The summed E-state index contributed by atoms with van der Waals surface area (Å²) in [7, 11) is 0. The van der Waals surface area contributed by atoms with Crippen LogP contribution in [0.15, 0.2) is 46.9 Å². The van der Waals surface area contributed by atoms with Crippen molar-refractivity contribution in [3.63, 3.8) is 0 Å². The maximum absolute atomic E-state index is 12.1. The number of thiocarbonyl (C=S) groups is 1. The number of carbonyl (C=O) groups is 2. The molecule has 1 N–H and O–H groups in total. The van der Waals surface area contributed by atoms with Crippen LogP contribution in [-0.2, 0) is 9.59 Å². The molecule has 22 heavy (non-hydrogen) atoms. The van der Waals surface area contributed by atoms with Crippen LogP contribution in [0.4, 0.5) is 0 Å². The van der Waals surface area contributed by atoms with Crippen LogP contribution in [0, 0.1) is 0 Å². The summed E-state index contributed by atoms with van der Waals surface area (Å²) in [6, 6.07) is 9.74. The van der Waals surface area contributed by atoms with E-state index in [1.807, 2.05) is 43.3 Å². The monoisotopic (exact) mass is 327 g/mol. The summed E-state index contributed by atoms with van der Waals surface area (Å²) in [4.78, 5) is 24.4. The van der Waals surface area contributed by atoms with Crippen molar-refractivity contribution in [2.24, 2.45) is 0 Å². The molecule has 0 saturated carbocycles. The van der Waals surface area contributed by atoms with Gasteiger partial charge >= 0.3 is 24.8 Å². The van der Waals surface area contributed by atoms with E-state index >= 15 is 0 Å². The first-order valence-corrected chi connectivity index (χ1v) is 7.40. The summed E-state index contributed by atoms with van der Waals surface area (Å²) in [5.74, 6) is -1.43. The Kier molecular flexibility index (Phi) is 7.10. The molecule has 0 aromatic heterocycles. The predicted molar refractivity (Wildman–Crippen MR) is 94.9 cm³/mol. The van der Waals surface area contributed by atoms with Gasteiger partial charge in [-0.15, -0.1) is 0 Å². The standard InChI is InChI=1S/C15H13NO3S2.Li.H/c1-10(7-11-5-3-2-4-6-11)8-12-14(19)16(9-13(17)18)15(20)21-12;;/h2-8H,9H2,1H3,(H,17,18);;/b10-7+,12-8+;;. The van der Waals surface area contributed by atoms with Gasteiger partial charge in [-0.1, -0.05) is 60.4 Å². The number of nitrogens with zero attached hydrogens (tertiary/aromatic N) is 1. The van der Waals surface area contributed by atoms with Crippen LogP contribution in [0.25, 0.3) is 6.08 Å². The van der Waals surface area contributed by atoms with Crippen molar-refractivity contribution in [3.8, 4) is 0 Å². The maximum atomic E-state index is 12.1. The van der Waals surface area contributed by atoms with Gasteiger partial charge in [0.1, 0.15) is 10.9 Å². The van der Waals surface area contributed by atoms with Gasteiger partial charge in [0, 0.05) is 0 Å². The van der Waals surface area contributed by atoms with E-state index in [2.05, 4.69) is 0 Å². The first-order chi connectivity index (χ1) is 9.97. The number of thioether (sulfide) groups is 1. The average molecular weight is 327 g/mol. The minimum atomic E-state index is -1.08. The van der Waals surface area contributed by atoms with Crippen LogP contribution < -0.4 is 0 Å². The average Bonchev–Trinajstić information content (AvgIpc) is 2.67. The third kappa shape index (κ3) is 4.85. The third-order valence-corrected chi connectivity index (χ3v) is 4.10.